The molecule has 0 aromatic rings. The van der Waals surface area contributed by atoms with Crippen LogP contribution in [0.4, 0.5) is 0 Å². The Labute approximate surface area is 202 Å². The molecule has 0 aliphatic heterocycles. The highest BCUT2D eigenvalue weighted by atomic mass is 16.6. The molecule has 0 heterocycles. The van der Waals surface area contributed by atoms with Crippen LogP contribution >= 0.6 is 0 Å². The van der Waals surface area contributed by atoms with Gasteiger partial charge >= 0.3 is 0 Å². The second kappa shape index (κ2) is 25.3. The van der Waals surface area contributed by atoms with Crippen LogP contribution in [0.25, 0.3) is 0 Å². The molecule has 34 heavy (non-hydrogen) atoms. The molecule has 0 aromatic carbocycles. The third kappa shape index (κ3) is 23.0. The molecule has 0 saturated heterocycles. The zero-order chi connectivity index (χ0) is 25.3. The van der Waals surface area contributed by atoms with E-state index in [-0.39, 0.29) is 25.4 Å². The second-order valence-corrected chi connectivity index (χ2v) is 7.47. The first kappa shape index (κ1) is 33.2. The van der Waals surface area contributed by atoms with Gasteiger partial charge < -0.3 is 54.2 Å². The second-order valence-electron chi connectivity index (χ2n) is 7.47. The van der Waals surface area contributed by atoms with E-state index in [0.717, 1.165) is 0 Å². The maximum Gasteiger partial charge on any atom is 0.132 e. The van der Waals surface area contributed by atoms with Gasteiger partial charge in [-0.15, -0.1) is 0 Å². The minimum absolute atomic E-state index is 0.0120. The van der Waals surface area contributed by atoms with E-state index in [1.807, 2.05) is 0 Å². The van der Waals surface area contributed by atoms with Crippen LogP contribution in [-0.2, 0) is 33.2 Å². The van der Waals surface area contributed by atoms with E-state index in [2.05, 4.69) is 5.32 Å². The molecule has 0 amide bonds. The summed E-state index contributed by atoms with van der Waals surface area (Å²) in [6, 6.07) is 0. The van der Waals surface area contributed by atoms with Crippen LogP contribution in [0.3, 0.4) is 0 Å². The number of carbonyl (C=O) groups excluding carboxylic acids is 1. The van der Waals surface area contributed by atoms with Gasteiger partial charge in [-0.3, -0.25) is 4.79 Å². The molecule has 0 aliphatic rings. The van der Waals surface area contributed by atoms with Gasteiger partial charge in [-0.05, 0) is 13.3 Å². The number of aliphatic hydroxyl groups is 4. The van der Waals surface area contributed by atoms with Crippen LogP contribution in [0.15, 0.2) is 0 Å². The fourth-order valence-electron chi connectivity index (χ4n) is 2.49. The zero-order valence-electron chi connectivity index (χ0n) is 20.4. The summed E-state index contributed by atoms with van der Waals surface area (Å²) >= 11 is 0. The monoisotopic (exact) mass is 499 g/mol. The van der Waals surface area contributed by atoms with E-state index in [9.17, 15) is 20.1 Å². The van der Waals surface area contributed by atoms with E-state index in [4.69, 9.17) is 33.5 Å². The minimum Gasteiger partial charge on any atom is -0.396 e. The predicted molar refractivity (Wildman–Crippen MR) is 123 cm³/mol. The molecular weight excluding hydrogens is 454 g/mol. The van der Waals surface area contributed by atoms with Gasteiger partial charge in [-0.25, -0.2) is 0 Å². The smallest absolute Gasteiger partial charge is 0.132 e. The highest BCUT2D eigenvalue weighted by molar-refractivity contribution is 5.75. The summed E-state index contributed by atoms with van der Waals surface area (Å²) < 4.78 is 32.1. The summed E-state index contributed by atoms with van der Waals surface area (Å²) in [6.07, 6.45) is -3.15. The van der Waals surface area contributed by atoms with E-state index in [1.165, 1.54) is 6.92 Å². The molecule has 0 bridgehead atoms. The van der Waals surface area contributed by atoms with Crippen molar-refractivity contribution in [3.05, 3.63) is 0 Å². The molecule has 0 spiro atoms. The molecule has 3 unspecified atom stereocenters. The zero-order valence-corrected chi connectivity index (χ0v) is 20.4. The first-order valence-corrected chi connectivity index (χ1v) is 11.8. The maximum atomic E-state index is 10.7. The van der Waals surface area contributed by atoms with Crippen molar-refractivity contribution in [1.29, 1.82) is 0 Å². The van der Waals surface area contributed by atoms with E-state index in [0.29, 0.717) is 92.2 Å². The van der Waals surface area contributed by atoms with Crippen molar-refractivity contribution < 1.29 is 53.6 Å². The highest BCUT2D eigenvalue weighted by Crippen LogP contribution is 2.03. The largest absolute Gasteiger partial charge is 0.396 e. The Balaban J connectivity index is 3.20. The third-order valence-electron chi connectivity index (χ3n) is 4.45. The molecule has 0 aliphatic carbocycles. The van der Waals surface area contributed by atoms with Crippen LogP contribution in [0.5, 0.6) is 0 Å². The number of Topliss-reactive ketones (excluding diaryl/α,β-unsaturated/α-hetero) is 1. The summed E-state index contributed by atoms with van der Waals surface area (Å²) in [5, 5.41) is 40.5. The van der Waals surface area contributed by atoms with Crippen molar-refractivity contribution in [3.63, 3.8) is 0 Å². The maximum absolute atomic E-state index is 10.7. The van der Waals surface area contributed by atoms with Crippen molar-refractivity contribution in [2.45, 2.75) is 38.1 Å². The molecule has 0 aromatic heterocycles. The van der Waals surface area contributed by atoms with Crippen LogP contribution in [0.1, 0.15) is 19.8 Å². The topological polar surface area (TPSA) is 165 Å². The van der Waals surface area contributed by atoms with Gasteiger partial charge in [0.05, 0.1) is 91.5 Å². The lowest BCUT2D eigenvalue weighted by atomic mass is 10.1. The van der Waals surface area contributed by atoms with Gasteiger partial charge in [-0.2, -0.15) is 0 Å². The van der Waals surface area contributed by atoms with Gasteiger partial charge in [0.25, 0.3) is 0 Å². The van der Waals surface area contributed by atoms with Crippen molar-refractivity contribution >= 4 is 5.78 Å². The molecule has 0 saturated carbocycles. The quantitative estimate of drug-likeness (QED) is 0.0800. The summed E-state index contributed by atoms with van der Waals surface area (Å²) in [4.78, 5) is 10.7. The Kier molecular flexibility index (Phi) is 24.8. The molecule has 3 atom stereocenters. The number of nitrogens with one attached hydrogen (secondary N) is 1. The average Bonchev–Trinajstić information content (AvgIpc) is 2.81. The lowest BCUT2D eigenvalue weighted by molar-refractivity contribution is -0.118. The van der Waals surface area contributed by atoms with Crippen LogP contribution in [0.2, 0.25) is 0 Å². The van der Waals surface area contributed by atoms with E-state index in [1.54, 1.807) is 0 Å². The number of ether oxygens (including phenoxy) is 6. The fraction of sp³-hybridized carbons (Fsp3) is 0.955. The number of carbonyl (C=O) groups is 1. The highest BCUT2D eigenvalue weighted by Gasteiger charge is 2.23. The normalized spacial score (nSPS) is 14.3. The average molecular weight is 500 g/mol. The molecule has 204 valence electrons. The number of rotatable bonds is 27. The molecule has 5 N–H and O–H groups in total. The summed E-state index contributed by atoms with van der Waals surface area (Å²) in [7, 11) is 0. The van der Waals surface area contributed by atoms with E-state index >= 15 is 0 Å². The summed E-state index contributed by atoms with van der Waals surface area (Å²) in [5.74, 6) is 0.115. The van der Waals surface area contributed by atoms with Crippen molar-refractivity contribution in [1.82, 2.24) is 5.32 Å². The van der Waals surface area contributed by atoms with E-state index < -0.39 is 18.3 Å². The Morgan fingerprint density at radius 3 is 1.50 bits per heavy atom. The summed E-state index contributed by atoms with van der Waals surface area (Å²) in [6.45, 7) is 7.31. The summed E-state index contributed by atoms with van der Waals surface area (Å²) in [5.41, 5.74) is 0. The molecule has 0 radical (unpaired) electrons. The SMILES string of the molecule is CC(=O)CCOCCOCCOCCOCCOCCOCCNCC(O)C(O)C(O)CCO. The fourth-order valence-corrected chi connectivity index (χ4v) is 2.49. The van der Waals surface area contributed by atoms with Crippen molar-refractivity contribution in [2.24, 2.45) is 0 Å². The van der Waals surface area contributed by atoms with Gasteiger partial charge in [0, 0.05) is 26.1 Å². The Hall–Kier alpha value is -0.770. The molecule has 12 nitrogen and oxygen atoms in total. The molecular formula is C22H45NO11. The van der Waals surface area contributed by atoms with Crippen molar-refractivity contribution in [2.75, 3.05) is 99.0 Å². The molecule has 0 fully saturated rings. The third-order valence-corrected chi connectivity index (χ3v) is 4.45. The van der Waals surface area contributed by atoms with Crippen LogP contribution < -0.4 is 5.32 Å². The first-order valence-electron chi connectivity index (χ1n) is 11.8. The van der Waals surface area contributed by atoms with Gasteiger partial charge in [0.15, 0.2) is 0 Å². The molecule has 0 rings (SSSR count). The lowest BCUT2D eigenvalue weighted by Crippen LogP contribution is -2.44. The number of ketones is 1. The van der Waals surface area contributed by atoms with Gasteiger partial charge in [-0.1, -0.05) is 0 Å². The Morgan fingerprint density at radius 1 is 0.676 bits per heavy atom. The van der Waals surface area contributed by atoms with Gasteiger partial charge in [0.2, 0.25) is 0 Å². The number of hydrogen-bond acceptors (Lipinski definition) is 12. The van der Waals surface area contributed by atoms with Gasteiger partial charge in [0.1, 0.15) is 11.9 Å². The van der Waals surface area contributed by atoms with Crippen molar-refractivity contribution in [3.8, 4) is 0 Å². The Bertz CT molecular complexity index is 445. The molecule has 12 heteroatoms. The minimum atomic E-state index is -1.31. The first-order chi connectivity index (χ1) is 16.5. The number of aliphatic hydroxyl groups excluding tert-OH is 4. The lowest BCUT2D eigenvalue weighted by Gasteiger charge is -2.22. The van der Waals surface area contributed by atoms with Crippen LogP contribution in [-0.4, -0.2) is 144 Å². The standard InChI is InChI=1S/C22H45NO11/c1-19(25)3-6-29-8-10-31-12-14-33-16-17-34-15-13-32-11-9-30-7-4-23-18-21(27)22(28)20(26)2-5-24/h20-24,26-28H,2-18H2,1H3. The number of hydrogen-bond donors (Lipinski definition) is 5. The Morgan fingerprint density at radius 2 is 1.09 bits per heavy atom. The predicted octanol–water partition coefficient (Wildman–Crippen LogP) is -1.88. The van der Waals surface area contributed by atoms with Crippen LogP contribution in [0, 0.1) is 0 Å².